The zero-order chi connectivity index (χ0) is 19.9. The number of aliphatic imine (C=N–C) groups is 1. The van der Waals surface area contributed by atoms with Gasteiger partial charge in [-0.15, -0.1) is 57.3 Å². The fourth-order valence-corrected chi connectivity index (χ4v) is 3.76. The van der Waals surface area contributed by atoms with Crippen molar-refractivity contribution in [2.24, 2.45) is 12.0 Å². The van der Waals surface area contributed by atoms with E-state index in [1.54, 1.807) is 23.1 Å². The lowest BCUT2D eigenvalue weighted by Gasteiger charge is -2.22. The minimum Gasteiger partial charge on any atom is -0.351 e. The van der Waals surface area contributed by atoms with Gasteiger partial charge in [-0.3, -0.25) is 0 Å². The van der Waals surface area contributed by atoms with Crippen LogP contribution in [0.1, 0.15) is 22.1 Å². The van der Waals surface area contributed by atoms with E-state index in [0.29, 0.717) is 6.54 Å². The van der Waals surface area contributed by atoms with Gasteiger partial charge >= 0.3 is 0 Å². The second-order valence-corrected chi connectivity index (χ2v) is 8.41. The fourth-order valence-electron chi connectivity index (χ4n) is 2.70. The summed E-state index contributed by atoms with van der Waals surface area (Å²) in [7, 11) is 4.03. The van der Waals surface area contributed by atoms with Gasteiger partial charge in [0, 0.05) is 30.4 Å². The molecule has 3 rings (SSSR count). The molecule has 2 aromatic heterocycles. The molecule has 0 atom stereocenters. The van der Waals surface area contributed by atoms with Gasteiger partial charge in [0.2, 0.25) is 0 Å². The first-order valence-electron chi connectivity index (χ1n) is 9.06. The molecule has 0 radical (unpaired) electrons. The van der Waals surface area contributed by atoms with Crippen molar-refractivity contribution in [2.45, 2.75) is 31.5 Å². The number of thiophene rings is 1. The molecule has 0 saturated carbocycles. The van der Waals surface area contributed by atoms with Crippen LogP contribution in [-0.2, 0) is 26.7 Å². The Morgan fingerprint density at radius 1 is 1.24 bits per heavy atom. The van der Waals surface area contributed by atoms with Gasteiger partial charge < -0.3 is 14.8 Å². The first-order chi connectivity index (χ1) is 13.6. The average molecular weight is 543 g/mol. The molecule has 1 aromatic carbocycles. The molecule has 6 nitrogen and oxygen atoms in total. The summed E-state index contributed by atoms with van der Waals surface area (Å²) in [6.45, 7) is 3.97. The number of guanidine groups is 1. The third-order valence-corrected chi connectivity index (χ3v) is 6.11. The molecule has 9 heteroatoms. The summed E-state index contributed by atoms with van der Waals surface area (Å²) in [5, 5.41) is 13.9. The summed E-state index contributed by atoms with van der Waals surface area (Å²) in [4.78, 5) is 9.50. The lowest BCUT2D eigenvalue weighted by Crippen LogP contribution is -2.38. The summed E-state index contributed by atoms with van der Waals surface area (Å²) < 4.78 is 1.97. The van der Waals surface area contributed by atoms with Crippen molar-refractivity contribution in [3.05, 3.63) is 63.9 Å². The van der Waals surface area contributed by atoms with Gasteiger partial charge in [0.25, 0.3) is 0 Å². The number of nitrogens with one attached hydrogen (secondary N) is 1. The van der Waals surface area contributed by atoms with Gasteiger partial charge in [-0.05, 0) is 42.3 Å². The molecule has 0 aliphatic heterocycles. The van der Waals surface area contributed by atoms with Gasteiger partial charge in [0.15, 0.2) is 11.8 Å². The Labute approximate surface area is 197 Å². The highest BCUT2D eigenvalue weighted by Crippen LogP contribution is 2.16. The van der Waals surface area contributed by atoms with E-state index in [1.807, 2.05) is 18.5 Å². The van der Waals surface area contributed by atoms with Crippen LogP contribution in [0.25, 0.3) is 0 Å². The van der Waals surface area contributed by atoms with Crippen molar-refractivity contribution in [1.29, 1.82) is 0 Å². The predicted molar refractivity (Wildman–Crippen MR) is 133 cm³/mol. The molecule has 0 unspecified atom stereocenters. The second kappa shape index (κ2) is 11.6. The van der Waals surface area contributed by atoms with Crippen molar-refractivity contribution in [1.82, 2.24) is 25.0 Å². The third kappa shape index (κ3) is 6.71. The van der Waals surface area contributed by atoms with Crippen LogP contribution in [0.15, 0.2) is 51.7 Å². The lowest BCUT2D eigenvalue weighted by molar-refractivity contribution is 0.474. The largest absolute Gasteiger partial charge is 0.351 e. The molecule has 0 fully saturated rings. The lowest BCUT2D eigenvalue weighted by atomic mass is 10.2. The molecule has 29 heavy (non-hydrogen) atoms. The van der Waals surface area contributed by atoms with Crippen molar-refractivity contribution >= 4 is 53.0 Å². The van der Waals surface area contributed by atoms with Crippen LogP contribution in [-0.4, -0.2) is 38.9 Å². The number of halogens is 1. The zero-order valence-electron chi connectivity index (χ0n) is 17.1. The number of rotatable bonds is 7. The summed E-state index contributed by atoms with van der Waals surface area (Å²) in [6, 6.07) is 12.9. The quantitative estimate of drug-likeness (QED) is 0.209. The maximum absolute atomic E-state index is 4.81. The molecule has 1 N–H and O–H groups in total. The van der Waals surface area contributed by atoms with Crippen molar-refractivity contribution in [3.63, 3.8) is 0 Å². The standard InChI is InChI=1S/C20H26N6S2.HI/c1-15-23-24-19(26(15)3)13-22-20(21-12-18-6-5-11-28-18)25(2)14-16-7-9-17(27-4)10-8-16;/h5-11H,12-14H2,1-4H3,(H,21,22);1H. The smallest absolute Gasteiger partial charge is 0.194 e. The number of hydrogen-bond acceptors (Lipinski definition) is 5. The minimum atomic E-state index is 0. The Morgan fingerprint density at radius 2 is 2.00 bits per heavy atom. The van der Waals surface area contributed by atoms with E-state index >= 15 is 0 Å². The molecular formula is C20H27IN6S2. The third-order valence-electron chi connectivity index (χ3n) is 4.49. The van der Waals surface area contributed by atoms with Crippen LogP contribution in [0.3, 0.4) is 0 Å². The van der Waals surface area contributed by atoms with Crippen LogP contribution in [0, 0.1) is 6.92 Å². The highest BCUT2D eigenvalue weighted by atomic mass is 127. The Bertz CT molecular complexity index is 906. The van der Waals surface area contributed by atoms with E-state index in [0.717, 1.165) is 30.7 Å². The molecule has 0 spiro atoms. The summed E-state index contributed by atoms with van der Waals surface area (Å²) >= 11 is 3.49. The maximum Gasteiger partial charge on any atom is 0.194 e. The Hall–Kier alpha value is -1.59. The molecule has 0 bridgehead atoms. The van der Waals surface area contributed by atoms with Crippen molar-refractivity contribution < 1.29 is 0 Å². The number of nitrogens with zero attached hydrogens (tertiary/aromatic N) is 5. The summed E-state index contributed by atoms with van der Waals surface area (Å²) in [5.41, 5.74) is 1.25. The molecule has 2 heterocycles. The molecule has 0 aliphatic carbocycles. The topological polar surface area (TPSA) is 58.3 Å². The fraction of sp³-hybridized carbons (Fsp3) is 0.350. The first kappa shape index (κ1) is 23.7. The highest BCUT2D eigenvalue weighted by Gasteiger charge is 2.10. The number of aromatic nitrogens is 3. The van der Waals surface area contributed by atoms with E-state index in [9.17, 15) is 0 Å². The first-order valence-corrected chi connectivity index (χ1v) is 11.2. The number of thioether (sulfide) groups is 1. The normalized spacial score (nSPS) is 11.2. The van der Waals surface area contributed by atoms with Crippen molar-refractivity contribution in [2.75, 3.05) is 13.3 Å². The monoisotopic (exact) mass is 542 g/mol. The Morgan fingerprint density at radius 3 is 2.59 bits per heavy atom. The minimum absolute atomic E-state index is 0. The van der Waals surface area contributed by atoms with Crippen molar-refractivity contribution in [3.8, 4) is 0 Å². The number of benzene rings is 1. The average Bonchev–Trinajstić information content (AvgIpc) is 3.33. The number of aryl methyl sites for hydroxylation is 1. The Kier molecular flexibility index (Phi) is 9.44. The zero-order valence-corrected chi connectivity index (χ0v) is 21.1. The van der Waals surface area contributed by atoms with Gasteiger partial charge in [0.05, 0.1) is 6.54 Å². The molecule has 0 saturated heterocycles. The maximum atomic E-state index is 4.81. The van der Waals surface area contributed by atoms with E-state index in [-0.39, 0.29) is 24.0 Å². The van der Waals surface area contributed by atoms with Crippen LogP contribution >= 0.6 is 47.1 Å². The second-order valence-electron chi connectivity index (χ2n) is 6.50. The Balaban J connectivity index is 0.00000300. The van der Waals surface area contributed by atoms with Gasteiger partial charge in [-0.2, -0.15) is 0 Å². The van der Waals surface area contributed by atoms with Gasteiger partial charge in [-0.25, -0.2) is 4.99 Å². The molecule has 0 aliphatic rings. The van der Waals surface area contributed by atoms with E-state index < -0.39 is 0 Å². The van der Waals surface area contributed by atoms with E-state index in [4.69, 9.17) is 4.99 Å². The van der Waals surface area contributed by atoms with Crippen LogP contribution in [0.4, 0.5) is 0 Å². The van der Waals surface area contributed by atoms with Crippen LogP contribution in [0.2, 0.25) is 0 Å². The van der Waals surface area contributed by atoms with E-state index in [1.165, 1.54) is 15.3 Å². The molecular weight excluding hydrogens is 515 g/mol. The summed E-state index contributed by atoms with van der Waals surface area (Å²) in [6.07, 6.45) is 2.09. The number of hydrogen-bond donors (Lipinski definition) is 1. The van der Waals surface area contributed by atoms with Crippen LogP contribution < -0.4 is 5.32 Å². The molecule has 156 valence electrons. The molecule has 0 amide bonds. The van der Waals surface area contributed by atoms with Crippen LogP contribution in [0.5, 0.6) is 0 Å². The van der Waals surface area contributed by atoms with Gasteiger partial charge in [0.1, 0.15) is 12.4 Å². The highest BCUT2D eigenvalue weighted by molar-refractivity contribution is 14.0. The molecule has 3 aromatic rings. The van der Waals surface area contributed by atoms with Gasteiger partial charge in [-0.1, -0.05) is 18.2 Å². The van der Waals surface area contributed by atoms with E-state index in [2.05, 4.69) is 75.5 Å². The predicted octanol–water partition coefficient (Wildman–Crippen LogP) is 4.30. The summed E-state index contributed by atoms with van der Waals surface area (Å²) in [5.74, 6) is 2.59. The SMILES string of the molecule is CSc1ccc(CN(C)C(=NCc2nnc(C)n2C)NCc2cccs2)cc1.I.